The van der Waals surface area contributed by atoms with Crippen molar-refractivity contribution < 1.29 is 17.9 Å². The van der Waals surface area contributed by atoms with Gasteiger partial charge in [0.15, 0.2) is 12.6 Å². The van der Waals surface area contributed by atoms with Crippen LogP contribution in [0.15, 0.2) is 47.5 Å². The van der Waals surface area contributed by atoms with Crippen LogP contribution in [-0.4, -0.2) is 18.7 Å². The van der Waals surface area contributed by atoms with Gasteiger partial charge in [-0.05, 0) is 54.8 Å². The van der Waals surface area contributed by atoms with Gasteiger partial charge in [0.25, 0.3) is 0 Å². The van der Waals surface area contributed by atoms with Crippen LogP contribution in [0.5, 0.6) is 5.75 Å². The van der Waals surface area contributed by atoms with Crippen molar-refractivity contribution in [1.82, 2.24) is 0 Å². The summed E-state index contributed by atoms with van der Waals surface area (Å²) in [5, 5.41) is 2.99. The summed E-state index contributed by atoms with van der Waals surface area (Å²) >= 11 is 0. The zero-order valence-electron chi connectivity index (χ0n) is 14.0. The van der Waals surface area contributed by atoms with E-state index in [0.717, 1.165) is 11.3 Å². The van der Waals surface area contributed by atoms with E-state index in [2.05, 4.69) is 10.3 Å². The number of hydrogen-bond donors (Lipinski definition) is 2. The van der Waals surface area contributed by atoms with Gasteiger partial charge >= 0.3 is 6.18 Å². The number of nitrogens with zero attached hydrogens (tertiary/aromatic N) is 1. The number of rotatable bonds is 5. The molecule has 3 N–H and O–H groups in total. The van der Waals surface area contributed by atoms with Crippen LogP contribution in [0.2, 0.25) is 0 Å². The molecule has 2 aromatic rings. The van der Waals surface area contributed by atoms with Gasteiger partial charge in [-0.2, -0.15) is 13.2 Å². The first-order valence-corrected chi connectivity index (χ1v) is 7.65. The Balaban J connectivity index is 1.96. The maximum Gasteiger partial charge on any atom is 0.422 e. The van der Waals surface area contributed by atoms with Gasteiger partial charge in [0.05, 0.1) is 6.54 Å². The molecule has 0 unspecified atom stereocenters. The standard InChI is InChI=1S/C18H20F3N3O/c1-12-6-7-15(8-13(12)2)24-17(22)23-10-14-4-3-5-16(9-14)25-11-18(19,20)21/h3-9H,10-11H2,1-2H3,(H3,22,23,24). The van der Waals surface area contributed by atoms with E-state index in [4.69, 9.17) is 10.5 Å². The summed E-state index contributed by atoms with van der Waals surface area (Å²) in [5.74, 6) is 0.371. The van der Waals surface area contributed by atoms with Crippen LogP contribution >= 0.6 is 0 Å². The van der Waals surface area contributed by atoms with E-state index in [9.17, 15) is 13.2 Å². The first kappa shape index (κ1) is 18.6. The van der Waals surface area contributed by atoms with Crippen molar-refractivity contribution >= 4 is 11.6 Å². The monoisotopic (exact) mass is 351 g/mol. The minimum absolute atomic E-state index is 0.144. The van der Waals surface area contributed by atoms with Crippen LogP contribution in [0.1, 0.15) is 16.7 Å². The van der Waals surface area contributed by atoms with Crippen molar-refractivity contribution in [3.8, 4) is 5.75 Å². The van der Waals surface area contributed by atoms with E-state index in [1.54, 1.807) is 12.1 Å². The Bertz CT molecular complexity index is 757. The van der Waals surface area contributed by atoms with E-state index in [1.165, 1.54) is 17.7 Å². The average Bonchev–Trinajstić information content (AvgIpc) is 2.54. The van der Waals surface area contributed by atoms with Gasteiger partial charge in [-0.15, -0.1) is 0 Å². The zero-order valence-corrected chi connectivity index (χ0v) is 14.0. The van der Waals surface area contributed by atoms with E-state index < -0.39 is 12.8 Å². The van der Waals surface area contributed by atoms with Gasteiger partial charge in [-0.1, -0.05) is 18.2 Å². The number of aliphatic imine (C=N–C) groups is 1. The third kappa shape index (κ3) is 6.37. The van der Waals surface area contributed by atoms with Crippen LogP contribution in [0.4, 0.5) is 18.9 Å². The first-order valence-electron chi connectivity index (χ1n) is 7.65. The lowest BCUT2D eigenvalue weighted by Gasteiger charge is -2.10. The fourth-order valence-corrected chi connectivity index (χ4v) is 2.08. The molecule has 0 aliphatic rings. The first-order chi connectivity index (χ1) is 11.7. The number of anilines is 1. The van der Waals surface area contributed by atoms with Gasteiger partial charge in [-0.3, -0.25) is 0 Å². The van der Waals surface area contributed by atoms with Gasteiger partial charge in [0, 0.05) is 5.69 Å². The van der Waals surface area contributed by atoms with Crippen molar-refractivity contribution in [2.75, 3.05) is 11.9 Å². The minimum Gasteiger partial charge on any atom is -0.484 e. The molecule has 0 saturated heterocycles. The Labute approximate surface area is 144 Å². The van der Waals surface area contributed by atoms with E-state index in [1.807, 2.05) is 32.0 Å². The molecule has 7 heteroatoms. The Hall–Kier alpha value is -2.70. The van der Waals surface area contributed by atoms with Crippen LogP contribution in [-0.2, 0) is 6.54 Å². The largest absolute Gasteiger partial charge is 0.484 e. The second-order valence-corrected chi connectivity index (χ2v) is 5.68. The minimum atomic E-state index is -4.37. The summed E-state index contributed by atoms with van der Waals surface area (Å²) in [6.45, 7) is 2.92. The van der Waals surface area contributed by atoms with E-state index in [0.29, 0.717) is 5.56 Å². The van der Waals surface area contributed by atoms with Crippen LogP contribution in [0.3, 0.4) is 0 Å². The van der Waals surface area contributed by atoms with Gasteiger partial charge in [0.1, 0.15) is 5.75 Å². The summed E-state index contributed by atoms with van der Waals surface area (Å²) in [7, 11) is 0. The smallest absolute Gasteiger partial charge is 0.422 e. The third-order valence-corrected chi connectivity index (χ3v) is 3.51. The van der Waals surface area contributed by atoms with Gasteiger partial charge in [-0.25, -0.2) is 4.99 Å². The summed E-state index contributed by atoms with van der Waals surface area (Å²) in [6, 6.07) is 12.2. The highest BCUT2D eigenvalue weighted by Gasteiger charge is 2.28. The lowest BCUT2D eigenvalue weighted by Crippen LogP contribution is -2.22. The molecule has 0 aliphatic heterocycles. The molecule has 0 spiro atoms. The quantitative estimate of drug-likeness (QED) is 0.628. The summed E-state index contributed by atoms with van der Waals surface area (Å²) in [5.41, 5.74) is 9.69. The topological polar surface area (TPSA) is 59.6 Å². The maximum atomic E-state index is 12.2. The number of guanidine groups is 1. The highest BCUT2D eigenvalue weighted by molar-refractivity contribution is 5.92. The maximum absolute atomic E-state index is 12.2. The molecule has 0 radical (unpaired) electrons. The number of nitrogens with one attached hydrogen (secondary N) is 1. The number of benzene rings is 2. The molecule has 0 amide bonds. The molecule has 0 aliphatic carbocycles. The van der Waals surface area contributed by atoms with Crippen LogP contribution < -0.4 is 15.8 Å². The van der Waals surface area contributed by atoms with Gasteiger partial charge in [0.2, 0.25) is 0 Å². The Morgan fingerprint density at radius 3 is 2.56 bits per heavy atom. The lowest BCUT2D eigenvalue weighted by molar-refractivity contribution is -0.153. The number of nitrogens with two attached hydrogens (primary N) is 1. The summed E-state index contributed by atoms with van der Waals surface area (Å²) < 4.78 is 41.3. The molecule has 4 nitrogen and oxygen atoms in total. The normalized spacial score (nSPS) is 12.1. The number of alkyl halides is 3. The highest BCUT2D eigenvalue weighted by atomic mass is 19.4. The number of halogens is 3. The molecule has 25 heavy (non-hydrogen) atoms. The fraction of sp³-hybridized carbons (Fsp3) is 0.278. The number of aryl methyl sites for hydroxylation is 2. The predicted molar refractivity (Wildman–Crippen MR) is 92.9 cm³/mol. The second-order valence-electron chi connectivity index (χ2n) is 5.68. The SMILES string of the molecule is Cc1ccc(NC(N)=NCc2cccc(OCC(F)(F)F)c2)cc1C. The van der Waals surface area contributed by atoms with Gasteiger partial charge < -0.3 is 15.8 Å². The molecule has 0 aromatic heterocycles. The van der Waals surface area contributed by atoms with Crippen LogP contribution in [0, 0.1) is 13.8 Å². The second kappa shape index (κ2) is 7.92. The molecule has 0 atom stereocenters. The lowest BCUT2D eigenvalue weighted by atomic mass is 10.1. The predicted octanol–water partition coefficient (Wildman–Crippen LogP) is 4.17. The molecular formula is C18H20F3N3O. The van der Waals surface area contributed by atoms with E-state index in [-0.39, 0.29) is 18.3 Å². The molecule has 0 bridgehead atoms. The molecule has 0 heterocycles. The third-order valence-electron chi connectivity index (χ3n) is 3.51. The van der Waals surface area contributed by atoms with Crippen LogP contribution in [0.25, 0.3) is 0 Å². The summed E-state index contributed by atoms with van der Waals surface area (Å²) in [6.07, 6.45) is -4.37. The molecule has 0 fully saturated rings. The number of ether oxygens (including phenoxy) is 1. The number of hydrogen-bond acceptors (Lipinski definition) is 2. The summed E-state index contributed by atoms with van der Waals surface area (Å²) in [4.78, 5) is 4.20. The van der Waals surface area contributed by atoms with E-state index >= 15 is 0 Å². The average molecular weight is 351 g/mol. The van der Waals surface area contributed by atoms with Crippen molar-refractivity contribution in [1.29, 1.82) is 0 Å². The molecule has 2 rings (SSSR count). The molecule has 0 saturated carbocycles. The van der Waals surface area contributed by atoms with Crippen molar-refractivity contribution in [2.24, 2.45) is 10.7 Å². The molecule has 134 valence electrons. The fourth-order valence-electron chi connectivity index (χ4n) is 2.08. The zero-order chi connectivity index (χ0) is 18.4. The van der Waals surface area contributed by atoms with Crippen molar-refractivity contribution in [2.45, 2.75) is 26.6 Å². The van der Waals surface area contributed by atoms with Crippen molar-refractivity contribution in [3.63, 3.8) is 0 Å². The Morgan fingerprint density at radius 1 is 1.12 bits per heavy atom. The molecular weight excluding hydrogens is 331 g/mol. The highest BCUT2D eigenvalue weighted by Crippen LogP contribution is 2.20. The Kier molecular flexibility index (Phi) is 5.90. The Morgan fingerprint density at radius 2 is 1.88 bits per heavy atom. The van der Waals surface area contributed by atoms with Crippen molar-refractivity contribution in [3.05, 3.63) is 59.2 Å². The molecule has 2 aromatic carbocycles.